The zero-order valence-corrected chi connectivity index (χ0v) is 21.1. The molecule has 3 fully saturated rings. The normalized spacial score (nSPS) is 44.6. The lowest BCUT2D eigenvalue weighted by Crippen LogP contribution is -2.50. The zero-order valence-electron chi connectivity index (χ0n) is 21.1. The molecule has 0 heteroatoms. The van der Waals surface area contributed by atoms with E-state index in [1.54, 1.807) is 5.57 Å². The third-order valence-electron chi connectivity index (χ3n) is 11.4. The van der Waals surface area contributed by atoms with Crippen LogP contribution in [0.3, 0.4) is 0 Å². The SMILES string of the molecule is CC(C)CCCC(C)C1CCC2C3CC=C4CC(C5=CC=C5)CCC4(C)C3CCC12C. The van der Waals surface area contributed by atoms with Crippen molar-refractivity contribution in [3.05, 3.63) is 35.5 Å². The topological polar surface area (TPSA) is 0 Å². The minimum Gasteiger partial charge on any atom is -0.0845 e. The summed E-state index contributed by atoms with van der Waals surface area (Å²) in [5.41, 5.74) is 4.62. The highest BCUT2D eigenvalue weighted by molar-refractivity contribution is 5.39. The van der Waals surface area contributed by atoms with Crippen LogP contribution in [-0.4, -0.2) is 0 Å². The van der Waals surface area contributed by atoms with E-state index in [9.17, 15) is 0 Å². The Morgan fingerprint density at radius 2 is 1.77 bits per heavy atom. The van der Waals surface area contributed by atoms with Gasteiger partial charge in [0, 0.05) is 0 Å². The van der Waals surface area contributed by atoms with E-state index < -0.39 is 0 Å². The minimum absolute atomic E-state index is 0.510. The molecule has 0 nitrogen and oxygen atoms in total. The van der Waals surface area contributed by atoms with Crippen molar-refractivity contribution in [2.75, 3.05) is 0 Å². The number of hydrogen-bond acceptors (Lipinski definition) is 0. The predicted octanol–water partition coefficient (Wildman–Crippen LogP) is 9.14. The maximum absolute atomic E-state index is 2.77. The second kappa shape index (κ2) is 8.22. The lowest BCUT2D eigenvalue weighted by atomic mass is 9.46. The third-order valence-corrected chi connectivity index (χ3v) is 11.4. The van der Waals surface area contributed by atoms with Crippen molar-refractivity contribution in [3.8, 4) is 0 Å². The van der Waals surface area contributed by atoms with Crippen LogP contribution in [0.5, 0.6) is 0 Å². The van der Waals surface area contributed by atoms with Crippen LogP contribution < -0.4 is 0 Å². The lowest BCUT2D eigenvalue weighted by Gasteiger charge is -2.58. The number of allylic oxidation sites excluding steroid dienone is 6. The van der Waals surface area contributed by atoms with E-state index in [2.05, 4.69) is 58.9 Å². The highest BCUT2D eigenvalue weighted by atomic mass is 14.6. The van der Waals surface area contributed by atoms with Gasteiger partial charge in [0.2, 0.25) is 0 Å². The molecule has 0 aromatic rings. The first kappa shape index (κ1) is 22.0. The molecule has 5 rings (SSSR count). The summed E-state index contributed by atoms with van der Waals surface area (Å²) in [6, 6.07) is 0. The highest BCUT2D eigenvalue weighted by Crippen LogP contribution is 2.67. The Morgan fingerprint density at radius 3 is 2.48 bits per heavy atom. The first-order chi connectivity index (χ1) is 14.8. The van der Waals surface area contributed by atoms with Gasteiger partial charge in [-0.2, -0.15) is 0 Å². The van der Waals surface area contributed by atoms with Crippen LogP contribution in [-0.2, 0) is 0 Å². The van der Waals surface area contributed by atoms with E-state index in [1.165, 1.54) is 70.6 Å². The maximum atomic E-state index is 2.77. The van der Waals surface area contributed by atoms with Crippen molar-refractivity contribution in [2.24, 2.45) is 52.3 Å². The second-order valence-electron chi connectivity index (χ2n) is 13.3. The molecule has 172 valence electrons. The Kier molecular flexibility index (Phi) is 5.84. The van der Waals surface area contributed by atoms with E-state index in [1.807, 2.05) is 5.57 Å². The zero-order chi connectivity index (χ0) is 21.8. The maximum Gasteiger partial charge on any atom is -0.00848 e. The Labute approximate surface area is 193 Å². The third kappa shape index (κ3) is 3.63. The fourth-order valence-electron chi connectivity index (χ4n) is 9.45. The van der Waals surface area contributed by atoms with Crippen LogP contribution in [0.25, 0.3) is 0 Å². The molecule has 0 bridgehead atoms. The monoisotopic (exact) mass is 420 g/mol. The molecule has 3 saturated carbocycles. The predicted molar refractivity (Wildman–Crippen MR) is 134 cm³/mol. The number of fused-ring (bicyclic) bond motifs is 5. The number of hydrogen-bond donors (Lipinski definition) is 0. The molecule has 0 spiro atoms. The number of rotatable bonds is 6. The molecule has 8 unspecified atom stereocenters. The average Bonchev–Trinajstić information content (AvgIpc) is 3.04. The van der Waals surface area contributed by atoms with Gasteiger partial charge >= 0.3 is 0 Å². The molecule has 0 N–H and O–H groups in total. The lowest BCUT2D eigenvalue weighted by molar-refractivity contribution is -0.0518. The van der Waals surface area contributed by atoms with E-state index in [0.717, 1.165) is 41.4 Å². The first-order valence-corrected chi connectivity index (χ1v) is 13.9. The van der Waals surface area contributed by atoms with Gasteiger partial charge in [0.05, 0.1) is 0 Å². The Morgan fingerprint density at radius 1 is 0.968 bits per heavy atom. The van der Waals surface area contributed by atoms with Gasteiger partial charge in [-0.1, -0.05) is 83.8 Å². The van der Waals surface area contributed by atoms with Gasteiger partial charge in [-0.15, -0.1) is 0 Å². The molecular weight excluding hydrogens is 372 g/mol. The molecule has 0 aliphatic heterocycles. The van der Waals surface area contributed by atoms with Crippen molar-refractivity contribution >= 4 is 0 Å². The van der Waals surface area contributed by atoms with Gasteiger partial charge in [-0.25, -0.2) is 0 Å². The van der Waals surface area contributed by atoms with E-state index in [0.29, 0.717) is 10.8 Å². The smallest absolute Gasteiger partial charge is 0.00848 e. The first-order valence-electron chi connectivity index (χ1n) is 13.9. The van der Waals surface area contributed by atoms with Crippen molar-refractivity contribution in [1.29, 1.82) is 0 Å². The van der Waals surface area contributed by atoms with Gasteiger partial charge in [-0.3, -0.25) is 0 Å². The van der Waals surface area contributed by atoms with Crippen molar-refractivity contribution in [2.45, 2.75) is 105 Å². The Hall–Kier alpha value is -0.780. The fourth-order valence-corrected chi connectivity index (χ4v) is 9.45. The molecular formula is C31H48. The van der Waals surface area contributed by atoms with Crippen molar-refractivity contribution < 1.29 is 0 Å². The van der Waals surface area contributed by atoms with Crippen LogP contribution in [0, 0.1) is 52.3 Å². The Balaban J connectivity index is 1.30. The summed E-state index contributed by atoms with van der Waals surface area (Å²) in [7, 11) is 0. The summed E-state index contributed by atoms with van der Waals surface area (Å²) in [5.74, 6) is 6.52. The van der Waals surface area contributed by atoms with Crippen LogP contribution in [0.15, 0.2) is 35.5 Å². The fraction of sp³-hybridized carbons (Fsp3) is 0.806. The molecule has 8 atom stereocenters. The molecule has 0 heterocycles. The van der Waals surface area contributed by atoms with Crippen molar-refractivity contribution in [3.63, 3.8) is 0 Å². The van der Waals surface area contributed by atoms with Crippen LogP contribution in [0.2, 0.25) is 0 Å². The summed E-state index contributed by atoms with van der Waals surface area (Å²) in [5, 5.41) is 0. The minimum atomic E-state index is 0.510. The van der Waals surface area contributed by atoms with Gasteiger partial charge in [0.1, 0.15) is 0 Å². The Bertz CT molecular complexity index is 765. The van der Waals surface area contributed by atoms with Gasteiger partial charge < -0.3 is 0 Å². The standard InChI is InChI=1S/C31H48/c1-21(2)8-6-9-22(3)27-14-15-28-26-13-12-25-20-24(23-10-7-11-23)16-18-30(25,4)29(26)17-19-31(27,28)5/h7,10-12,21-22,24,26-29H,6,8-9,13-20H2,1-5H3. The van der Waals surface area contributed by atoms with Gasteiger partial charge in [-0.05, 0) is 109 Å². The van der Waals surface area contributed by atoms with Gasteiger partial charge in [0.15, 0.2) is 0 Å². The molecule has 0 aromatic heterocycles. The van der Waals surface area contributed by atoms with Crippen LogP contribution in [0.4, 0.5) is 0 Å². The van der Waals surface area contributed by atoms with E-state index in [-0.39, 0.29) is 0 Å². The molecule has 0 saturated heterocycles. The van der Waals surface area contributed by atoms with Crippen LogP contribution >= 0.6 is 0 Å². The van der Waals surface area contributed by atoms with E-state index in [4.69, 9.17) is 0 Å². The largest absolute Gasteiger partial charge is 0.0845 e. The summed E-state index contributed by atoms with van der Waals surface area (Å²) in [6.45, 7) is 12.8. The summed E-state index contributed by atoms with van der Waals surface area (Å²) in [6.07, 6.45) is 25.7. The van der Waals surface area contributed by atoms with Crippen LogP contribution in [0.1, 0.15) is 105 Å². The molecule has 0 amide bonds. The molecule has 5 aliphatic rings. The highest BCUT2D eigenvalue weighted by Gasteiger charge is 2.59. The van der Waals surface area contributed by atoms with Crippen molar-refractivity contribution in [1.82, 2.24) is 0 Å². The molecule has 31 heavy (non-hydrogen) atoms. The summed E-state index contributed by atoms with van der Waals surface area (Å²) in [4.78, 5) is 0. The molecule has 0 aromatic carbocycles. The summed E-state index contributed by atoms with van der Waals surface area (Å²) < 4.78 is 0. The van der Waals surface area contributed by atoms with E-state index >= 15 is 0 Å². The summed E-state index contributed by atoms with van der Waals surface area (Å²) >= 11 is 0. The quantitative estimate of drug-likeness (QED) is 0.376. The molecule has 5 aliphatic carbocycles. The molecule has 0 radical (unpaired) electrons. The average molecular weight is 421 g/mol. The van der Waals surface area contributed by atoms with Gasteiger partial charge in [0.25, 0.3) is 0 Å². The second-order valence-corrected chi connectivity index (χ2v) is 13.3.